The molecule has 134 valence electrons. The van der Waals surface area contributed by atoms with Gasteiger partial charge in [-0.2, -0.15) is 0 Å². The number of halogens is 2. The molecule has 0 radical (unpaired) electrons. The summed E-state index contributed by atoms with van der Waals surface area (Å²) in [6.45, 7) is 2.12. The lowest BCUT2D eigenvalue weighted by Gasteiger charge is -2.16. The van der Waals surface area contributed by atoms with Crippen LogP contribution in [0.5, 0.6) is 0 Å². The number of hydrogen-bond donors (Lipinski definition) is 1. The van der Waals surface area contributed by atoms with Gasteiger partial charge in [-0.3, -0.25) is 9.69 Å². The number of ether oxygens (including phenoxy) is 1. The Bertz CT molecular complexity index is 725. The molecular weight excluding hydrogens is 328 g/mol. The van der Waals surface area contributed by atoms with Crippen LogP contribution in [0.4, 0.5) is 14.6 Å². The molecule has 1 heterocycles. The summed E-state index contributed by atoms with van der Waals surface area (Å²) in [5, 5.41) is 2.67. The number of nitrogens with zero attached hydrogens (tertiary/aromatic N) is 2. The molecule has 1 amide bonds. The molecule has 1 aromatic heterocycles. The molecule has 0 saturated carbocycles. The van der Waals surface area contributed by atoms with Gasteiger partial charge in [-0.15, -0.1) is 0 Å². The van der Waals surface area contributed by atoms with Crippen molar-refractivity contribution in [1.29, 1.82) is 0 Å². The standard InChI is InChI=1S/C18H21F2N3O2/c1-23(7-8-25-2)12-14-5-6-21-17(10-14)22-18(24)11-13-3-4-15(19)16(20)9-13/h3-6,9-10H,7-8,11-12H2,1-2H3,(H,21,22,24). The first kappa shape index (κ1) is 19.0. The van der Waals surface area contributed by atoms with Crippen molar-refractivity contribution in [2.75, 3.05) is 32.6 Å². The Labute approximate surface area is 145 Å². The second kappa shape index (κ2) is 9.19. The maximum atomic E-state index is 13.2. The van der Waals surface area contributed by atoms with Crippen molar-refractivity contribution in [2.45, 2.75) is 13.0 Å². The topological polar surface area (TPSA) is 54.5 Å². The van der Waals surface area contributed by atoms with Gasteiger partial charge in [0, 0.05) is 26.4 Å². The normalized spacial score (nSPS) is 10.9. The van der Waals surface area contributed by atoms with Crippen LogP contribution in [-0.4, -0.2) is 43.1 Å². The maximum absolute atomic E-state index is 13.2. The zero-order chi connectivity index (χ0) is 18.2. The number of aromatic nitrogens is 1. The molecule has 25 heavy (non-hydrogen) atoms. The summed E-state index contributed by atoms with van der Waals surface area (Å²) in [7, 11) is 3.63. The van der Waals surface area contributed by atoms with Crippen LogP contribution in [0.2, 0.25) is 0 Å². The molecule has 2 aromatic rings. The molecule has 7 heteroatoms. The SMILES string of the molecule is COCCN(C)Cc1ccnc(NC(=O)Cc2ccc(F)c(F)c2)c1. The Balaban J connectivity index is 1.94. The Hall–Kier alpha value is -2.38. The minimum atomic E-state index is -0.968. The molecule has 0 saturated heterocycles. The second-order valence-electron chi connectivity index (χ2n) is 5.75. The molecule has 0 aliphatic heterocycles. The first-order chi connectivity index (χ1) is 12.0. The summed E-state index contributed by atoms with van der Waals surface area (Å²) >= 11 is 0. The van der Waals surface area contributed by atoms with Gasteiger partial charge in [-0.05, 0) is 42.4 Å². The average Bonchev–Trinajstić information content (AvgIpc) is 2.56. The second-order valence-corrected chi connectivity index (χ2v) is 5.75. The van der Waals surface area contributed by atoms with Gasteiger partial charge in [0.25, 0.3) is 0 Å². The third-order valence-corrected chi connectivity index (χ3v) is 3.57. The quantitative estimate of drug-likeness (QED) is 0.796. The van der Waals surface area contributed by atoms with Crippen LogP contribution >= 0.6 is 0 Å². The number of benzene rings is 1. The Morgan fingerprint density at radius 2 is 2.00 bits per heavy atom. The van der Waals surface area contributed by atoms with Gasteiger partial charge >= 0.3 is 0 Å². The highest BCUT2D eigenvalue weighted by Crippen LogP contribution is 2.12. The highest BCUT2D eigenvalue weighted by Gasteiger charge is 2.09. The third-order valence-electron chi connectivity index (χ3n) is 3.57. The van der Waals surface area contributed by atoms with Gasteiger partial charge in [0.2, 0.25) is 5.91 Å². The number of pyridine rings is 1. The zero-order valence-electron chi connectivity index (χ0n) is 14.3. The molecule has 0 unspecified atom stereocenters. The third kappa shape index (κ3) is 6.21. The number of methoxy groups -OCH3 is 1. The van der Waals surface area contributed by atoms with E-state index in [0.717, 1.165) is 24.2 Å². The fourth-order valence-electron chi connectivity index (χ4n) is 2.30. The number of likely N-dealkylation sites (N-methyl/N-ethyl adjacent to an activating group) is 1. The molecule has 1 aromatic carbocycles. The zero-order valence-corrected chi connectivity index (χ0v) is 14.3. The van der Waals surface area contributed by atoms with Crippen LogP contribution in [0.1, 0.15) is 11.1 Å². The summed E-state index contributed by atoms with van der Waals surface area (Å²) in [6.07, 6.45) is 1.56. The van der Waals surface area contributed by atoms with Crippen LogP contribution in [0.25, 0.3) is 0 Å². The molecule has 0 bridgehead atoms. The monoisotopic (exact) mass is 349 g/mol. The molecule has 0 spiro atoms. The molecule has 5 nitrogen and oxygen atoms in total. The lowest BCUT2D eigenvalue weighted by atomic mass is 10.1. The van der Waals surface area contributed by atoms with E-state index in [2.05, 4.69) is 15.2 Å². The fraction of sp³-hybridized carbons (Fsp3) is 0.333. The van der Waals surface area contributed by atoms with Crippen molar-refractivity contribution in [2.24, 2.45) is 0 Å². The Morgan fingerprint density at radius 3 is 2.72 bits per heavy atom. The molecule has 0 aliphatic rings. The lowest BCUT2D eigenvalue weighted by Crippen LogP contribution is -2.22. The number of anilines is 1. The molecular formula is C18H21F2N3O2. The predicted molar refractivity (Wildman–Crippen MR) is 91.1 cm³/mol. The van der Waals surface area contributed by atoms with Crippen molar-refractivity contribution >= 4 is 11.7 Å². The van der Waals surface area contributed by atoms with Crippen molar-refractivity contribution in [3.8, 4) is 0 Å². The summed E-state index contributed by atoms with van der Waals surface area (Å²) in [5.74, 6) is -1.82. The summed E-state index contributed by atoms with van der Waals surface area (Å²) in [5.41, 5.74) is 1.39. The van der Waals surface area contributed by atoms with Gasteiger partial charge in [0.05, 0.1) is 13.0 Å². The maximum Gasteiger partial charge on any atom is 0.229 e. The van der Waals surface area contributed by atoms with Crippen LogP contribution in [-0.2, 0) is 22.5 Å². The molecule has 0 fully saturated rings. The van der Waals surface area contributed by atoms with E-state index in [0.29, 0.717) is 24.5 Å². The number of hydrogen-bond acceptors (Lipinski definition) is 4. The molecule has 2 rings (SSSR count). The van der Waals surface area contributed by atoms with Gasteiger partial charge in [-0.25, -0.2) is 13.8 Å². The van der Waals surface area contributed by atoms with E-state index in [-0.39, 0.29) is 12.3 Å². The summed E-state index contributed by atoms with van der Waals surface area (Å²) in [6, 6.07) is 7.06. The van der Waals surface area contributed by atoms with Crippen LogP contribution < -0.4 is 5.32 Å². The summed E-state index contributed by atoms with van der Waals surface area (Å²) in [4.78, 5) is 18.3. The van der Waals surface area contributed by atoms with Crippen LogP contribution in [0.3, 0.4) is 0 Å². The minimum Gasteiger partial charge on any atom is -0.383 e. The summed E-state index contributed by atoms with van der Waals surface area (Å²) < 4.78 is 31.1. The number of rotatable bonds is 8. The van der Waals surface area contributed by atoms with E-state index in [1.54, 1.807) is 19.4 Å². The van der Waals surface area contributed by atoms with E-state index in [1.165, 1.54) is 6.07 Å². The van der Waals surface area contributed by atoms with Crippen molar-refractivity contribution in [3.63, 3.8) is 0 Å². The van der Waals surface area contributed by atoms with Gasteiger partial charge in [0.1, 0.15) is 5.82 Å². The van der Waals surface area contributed by atoms with E-state index < -0.39 is 11.6 Å². The number of nitrogens with one attached hydrogen (secondary N) is 1. The average molecular weight is 349 g/mol. The number of carbonyl (C=O) groups excluding carboxylic acids is 1. The van der Waals surface area contributed by atoms with E-state index in [4.69, 9.17) is 4.74 Å². The number of amides is 1. The smallest absolute Gasteiger partial charge is 0.229 e. The molecule has 0 aliphatic carbocycles. The van der Waals surface area contributed by atoms with Crippen LogP contribution in [0.15, 0.2) is 36.5 Å². The highest BCUT2D eigenvalue weighted by molar-refractivity contribution is 5.91. The Kier molecular flexibility index (Phi) is 6.97. The van der Waals surface area contributed by atoms with E-state index in [9.17, 15) is 13.6 Å². The van der Waals surface area contributed by atoms with Gasteiger partial charge in [0.15, 0.2) is 11.6 Å². The Morgan fingerprint density at radius 1 is 1.20 bits per heavy atom. The fourth-order valence-corrected chi connectivity index (χ4v) is 2.30. The van der Waals surface area contributed by atoms with Gasteiger partial charge in [-0.1, -0.05) is 6.07 Å². The predicted octanol–water partition coefficient (Wildman–Crippen LogP) is 2.62. The molecule has 0 atom stereocenters. The van der Waals surface area contributed by atoms with Crippen molar-refractivity contribution in [1.82, 2.24) is 9.88 Å². The molecule has 1 N–H and O–H groups in total. The lowest BCUT2D eigenvalue weighted by molar-refractivity contribution is -0.115. The van der Waals surface area contributed by atoms with Crippen LogP contribution in [0, 0.1) is 11.6 Å². The van der Waals surface area contributed by atoms with Crippen molar-refractivity contribution < 1.29 is 18.3 Å². The number of carbonyl (C=O) groups is 1. The van der Waals surface area contributed by atoms with Crippen molar-refractivity contribution in [3.05, 3.63) is 59.3 Å². The minimum absolute atomic E-state index is 0.0587. The highest BCUT2D eigenvalue weighted by atomic mass is 19.2. The van der Waals surface area contributed by atoms with E-state index in [1.807, 2.05) is 13.1 Å². The first-order valence-electron chi connectivity index (χ1n) is 7.84. The largest absolute Gasteiger partial charge is 0.383 e. The van der Waals surface area contributed by atoms with E-state index >= 15 is 0 Å². The van der Waals surface area contributed by atoms with Gasteiger partial charge < -0.3 is 10.1 Å². The first-order valence-corrected chi connectivity index (χ1v) is 7.84.